The van der Waals surface area contributed by atoms with Gasteiger partial charge in [0.1, 0.15) is 0 Å². The minimum Gasteiger partial charge on any atom is -0.398 e. The molecule has 0 aliphatic carbocycles. The van der Waals surface area contributed by atoms with Crippen LogP contribution in [0, 0.1) is 12.8 Å². The minimum absolute atomic E-state index is 0.147. The number of nitrogens with two attached hydrogens (primary N) is 1. The molecule has 1 aromatic rings. The molecule has 2 heterocycles. The van der Waals surface area contributed by atoms with E-state index in [1.807, 2.05) is 6.92 Å². The Hall–Kier alpha value is -1.62. The lowest BCUT2D eigenvalue weighted by Gasteiger charge is -2.22. The van der Waals surface area contributed by atoms with E-state index in [9.17, 15) is 4.79 Å². The molecule has 0 atom stereocenters. The molecule has 5 heteroatoms. The average Bonchev–Trinajstić information content (AvgIpc) is 2.37. The number of nitrogens with zero attached hydrogens (tertiary/aromatic N) is 1. The van der Waals surface area contributed by atoms with E-state index in [0.717, 1.165) is 31.7 Å². The van der Waals surface area contributed by atoms with Gasteiger partial charge >= 0.3 is 0 Å². The largest absolute Gasteiger partial charge is 0.398 e. The molecule has 5 nitrogen and oxygen atoms in total. The summed E-state index contributed by atoms with van der Waals surface area (Å²) in [5.74, 6) is 0.355. The van der Waals surface area contributed by atoms with Crippen molar-refractivity contribution >= 4 is 11.6 Å². The first kappa shape index (κ1) is 12.8. The van der Waals surface area contributed by atoms with Crippen LogP contribution in [-0.2, 0) is 4.74 Å². The van der Waals surface area contributed by atoms with Crippen molar-refractivity contribution in [2.75, 3.05) is 25.5 Å². The molecule has 0 bridgehead atoms. The van der Waals surface area contributed by atoms with E-state index in [1.54, 1.807) is 6.07 Å². The van der Waals surface area contributed by atoms with Gasteiger partial charge in [0.05, 0.1) is 5.56 Å². The second kappa shape index (κ2) is 5.82. The fraction of sp³-hybridized carbons (Fsp3) is 0.538. The molecule has 1 aromatic heterocycles. The molecule has 1 saturated heterocycles. The molecule has 98 valence electrons. The standard InChI is InChI=1S/C13H19N3O2/c1-9-6-12(14)11(8-15-9)13(17)16-7-10-2-4-18-5-3-10/h6,8,10H,2-5,7H2,1H3,(H2,14,15)(H,16,17). The quantitative estimate of drug-likeness (QED) is 0.841. The van der Waals surface area contributed by atoms with Crippen LogP contribution in [0.3, 0.4) is 0 Å². The Bertz CT molecular complexity index is 428. The van der Waals surface area contributed by atoms with E-state index in [2.05, 4.69) is 10.3 Å². The highest BCUT2D eigenvalue weighted by Gasteiger charge is 2.16. The van der Waals surface area contributed by atoms with Crippen LogP contribution in [0.2, 0.25) is 0 Å². The normalized spacial score (nSPS) is 16.5. The third-order valence-corrected chi connectivity index (χ3v) is 3.21. The molecule has 0 aromatic carbocycles. The van der Waals surface area contributed by atoms with Crippen LogP contribution < -0.4 is 11.1 Å². The number of anilines is 1. The maximum Gasteiger partial charge on any atom is 0.254 e. The summed E-state index contributed by atoms with van der Waals surface area (Å²) in [6, 6.07) is 1.71. The van der Waals surface area contributed by atoms with Crippen LogP contribution in [0.5, 0.6) is 0 Å². The molecular formula is C13H19N3O2. The Morgan fingerprint density at radius 3 is 2.94 bits per heavy atom. The van der Waals surface area contributed by atoms with E-state index < -0.39 is 0 Å². The zero-order valence-corrected chi connectivity index (χ0v) is 10.6. The summed E-state index contributed by atoms with van der Waals surface area (Å²) in [4.78, 5) is 16.1. The number of aromatic nitrogens is 1. The minimum atomic E-state index is -0.147. The van der Waals surface area contributed by atoms with E-state index in [4.69, 9.17) is 10.5 Å². The summed E-state index contributed by atoms with van der Waals surface area (Å²) < 4.78 is 5.28. The number of nitrogens with one attached hydrogen (secondary N) is 1. The number of pyridine rings is 1. The van der Waals surface area contributed by atoms with Crippen molar-refractivity contribution in [1.29, 1.82) is 0 Å². The van der Waals surface area contributed by atoms with Gasteiger partial charge in [0.15, 0.2) is 0 Å². The van der Waals surface area contributed by atoms with Crippen LogP contribution in [0.1, 0.15) is 28.9 Å². The Labute approximate surface area is 107 Å². The third kappa shape index (κ3) is 3.20. The summed E-state index contributed by atoms with van der Waals surface area (Å²) in [6.07, 6.45) is 3.54. The maximum absolute atomic E-state index is 12.0. The molecule has 1 aliphatic rings. The molecule has 1 amide bonds. The van der Waals surface area contributed by atoms with E-state index in [1.165, 1.54) is 6.20 Å². The number of carbonyl (C=O) groups excluding carboxylic acids is 1. The van der Waals surface area contributed by atoms with Crippen LogP contribution >= 0.6 is 0 Å². The molecule has 0 unspecified atom stereocenters. The van der Waals surface area contributed by atoms with Gasteiger partial charge in [-0.2, -0.15) is 0 Å². The highest BCUT2D eigenvalue weighted by molar-refractivity contribution is 5.98. The molecule has 0 saturated carbocycles. The van der Waals surface area contributed by atoms with Gasteiger partial charge in [0, 0.05) is 37.3 Å². The lowest BCUT2D eigenvalue weighted by molar-refractivity contribution is 0.0643. The van der Waals surface area contributed by atoms with Crippen molar-refractivity contribution < 1.29 is 9.53 Å². The summed E-state index contributed by atoms with van der Waals surface area (Å²) in [7, 11) is 0. The first-order valence-corrected chi connectivity index (χ1v) is 6.25. The Balaban J connectivity index is 1.90. The first-order valence-electron chi connectivity index (χ1n) is 6.25. The number of nitrogen functional groups attached to an aromatic ring is 1. The topological polar surface area (TPSA) is 77.2 Å². The van der Waals surface area contributed by atoms with Crippen LogP contribution in [0.25, 0.3) is 0 Å². The molecular weight excluding hydrogens is 230 g/mol. The van der Waals surface area contributed by atoms with Gasteiger partial charge in [0.2, 0.25) is 0 Å². The van der Waals surface area contributed by atoms with Crippen molar-refractivity contribution in [3.05, 3.63) is 23.5 Å². The lowest BCUT2D eigenvalue weighted by Crippen LogP contribution is -2.32. The molecule has 1 fully saturated rings. The van der Waals surface area contributed by atoms with Crippen molar-refractivity contribution in [3.8, 4) is 0 Å². The second-order valence-electron chi connectivity index (χ2n) is 4.68. The molecule has 3 N–H and O–H groups in total. The number of hydrogen-bond donors (Lipinski definition) is 2. The van der Waals surface area contributed by atoms with Crippen LogP contribution in [0.4, 0.5) is 5.69 Å². The van der Waals surface area contributed by atoms with E-state index >= 15 is 0 Å². The fourth-order valence-electron chi connectivity index (χ4n) is 2.05. The number of hydrogen-bond acceptors (Lipinski definition) is 4. The molecule has 1 aliphatic heterocycles. The van der Waals surface area contributed by atoms with Crippen molar-refractivity contribution in [1.82, 2.24) is 10.3 Å². The predicted octanol–water partition coefficient (Wildman–Crippen LogP) is 1.13. The van der Waals surface area contributed by atoms with Gasteiger partial charge in [0.25, 0.3) is 5.91 Å². The molecule has 0 radical (unpaired) electrons. The van der Waals surface area contributed by atoms with E-state index in [0.29, 0.717) is 23.7 Å². The van der Waals surface area contributed by atoms with Gasteiger partial charge in [-0.3, -0.25) is 9.78 Å². The summed E-state index contributed by atoms with van der Waals surface area (Å²) >= 11 is 0. The van der Waals surface area contributed by atoms with Gasteiger partial charge in [-0.15, -0.1) is 0 Å². The van der Waals surface area contributed by atoms with Gasteiger partial charge in [-0.1, -0.05) is 0 Å². The second-order valence-corrected chi connectivity index (χ2v) is 4.68. The third-order valence-electron chi connectivity index (χ3n) is 3.21. The summed E-state index contributed by atoms with van der Waals surface area (Å²) in [5.41, 5.74) is 7.55. The smallest absolute Gasteiger partial charge is 0.254 e. The Kier molecular flexibility index (Phi) is 4.15. The number of amides is 1. The maximum atomic E-state index is 12.0. The van der Waals surface area contributed by atoms with Crippen molar-refractivity contribution in [2.24, 2.45) is 5.92 Å². The van der Waals surface area contributed by atoms with Crippen LogP contribution in [-0.4, -0.2) is 30.6 Å². The number of rotatable bonds is 3. The highest BCUT2D eigenvalue weighted by Crippen LogP contribution is 2.15. The molecule has 18 heavy (non-hydrogen) atoms. The van der Waals surface area contributed by atoms with Crippen molar-refractivity contribution in [2.45, 2.75) is 19.8 Å². The van der Waals surface area contributed by atoms with Gasteiger partial charge < -0.3 is 15.8 Å². The SMILES string of the molecule is Cc1cc(N)c(C(=O)NCC2CCOCC2)cn1. The van der Waals surface area contributed by atoms with Gasteiger partial charge in [-0.25, -0.2) is 0 Å². The monoisotopic (exact) mass is 249 g/mol. The van der Waals surface area contributed by atoms with Crippen LogP contribution in [0.15, 0.2) is 12.3 Å². The highest BCUT2D eigenvalue weighted by atomic mass is 16.5. The first-order chi connectivity index (χ1) is 8.66. The van der Waals surface area contributed by atoms with E-state index in [-0.39, 0.29) is 5.91 Å². The molecule has 0 spiro atoms. The zero-order chi connectivity index (χ0) is 13.0. The summed E-state index contributed by atoms with van der Waals surface area (Å²) in [6.45, 7) is 4.10. The lowest BCUT2D eigenvalue weighted by atomic mass is 10.0. The number of ether oxygens (including phenoxy) is 1. The average molecular weight is 249 g/mol. The number of carbonyl (C=O) groups is 1. The Morgan fingerprint density at radius 2 is 2.28 bits per heavy atom. The summed E-state index contributed by atoms with van der Waals surface area (Å²) in [5, 5.41) is 2.91. The zero-order valence-electron chi connectivity index (χ0n) is 10.6. The fourth-order valence-corrected chi connectivity index (χ4v) is 2.05. The Morgan fingerprint density at radius 1 is 1.56 bits per heavy atom. The van der Waals surface area contributed by atoms with Gasteiger partial charge in [-0.05, 0) is 31.7 Å². The number of aryl methyl sites for hydroxylation is 1. The molecule has 2 rings (SSSR count). The predicted molar refractivity (Wildman–Crippen MR) is 69.3 cm³/mol. The van der Waals surface area contributed by atoms with Crippen molar-refractivity contribution in [3.63, 3.8) is 0 Å².